The third-order valence-corrected chi connectivity index (χ3v) is 2.63. The molecule has 1 aromatic carbocycles. The largest absolute Gasteiger partial charge is 0.507 e. The predicted octanol–water partition coefficient (Wildman–Crippen LogP) is 1.59. The molecule has 1 rings (SSSR count). The molecule has 0 aromatic heterocycles. The summed E-state index contributed by atoms with van der Waals surface area (Å²) in [6.45, 7) is 4.15. The number of benzene rings is 1. The lowest BCUT2D eigenvalue weighted by Crippen LogP contribution is -2.27. The molecular formula is C13H19NO3. The summed E-state index contributed by atoms with van der Waals surface area (Å²) in [4.78, 5) is 11.7. The Morgan fingerprint density at radius 2 is 2.18 bits per heavy atom. The molecular weight excluding hydrogens is 218 g/mol. The van der Waals surface area contributed by atoms with Crippen molar-refractivity contribution in [2.45, 2.75) is 32.8 Å². The molecule has 1 aromatic rings. The molecule has 0 spiro atoms. The lowest BCUT2D eigenvalue weighted by molar-refractivity contribution is 0.0939. The van der Waals surface area contributed by atoms with Gasteiger partial charge in [0.15, 0.2) is 0 Å². The Morgan fingerprint density at radius 1 is 1.47 bits per heavy atom. The van der Waals surface area contributed by atoms with E-state index in [0.29, 0.717) is 19.4 Å². The van der Waals surface area contributed by atoms with Crippen molar-refractivity contribution in [3.8, 4) is 5.75 Å². The van der Waals surface area contributed by atoms with Gasteiger partial charge in [0, 0.05) is 6.54 Å². The Balaban J connectivity index is 2.55. The van der Waals surface area contributed by atoms with Gasteiger partial charge in [-0.25, -0.2) is 0 Å². The van der Waals surface area contributed by atoms with Crippen molar-refractivity contribution in [1.29, 1.82) is 0 Å². The Bertz CT molecular complexity index is 390. The summed E-state index contributed by atoms with van der Waals surface area (Å²) in [5.41, 5.74) is 1.19. The molecule has 0 fully saturated rings. The van der Waals surface area contributed by atoms with E-state index in [4.69, 9.17) is 0 Å². The first-order valence-electron chi connectivity index (χ1n) is 5.80. The number of hydrogen-bond acceptors (Lipinski definition) is 3. The minimum atomic E-state index is -0.388. The van der Waals surface area contributed by atoms with Gasteiger partial charge in [-0.05, 0) is 31.9 Å². The van der Waals surface area contributed by atoms with Gasteiger partial charge in [0.2, 0.25) is 0 Å². The van der Waals surface area contributed by atoms with Gasteiger partial charge in [-0.2, -0.15) is 0 Å². The first-order valence-corrected chi connectivity index (χ1v) is 5.80. The molecule has 0 aliphatic heterocycles. The maximum absolute atomic E-state index is 11.7. The molecule has 4 heteroatoms. The number of hydrogen-bond donors (Lipinski definition) is 3. The van der Waals surface area contributed by atoms with Gasteiger partial charge >= 0.3 is 0 Å². The van der Waals surface area contributed by atoms with Crippen LogP contribution >= 0.6 is 0 Å². The summed E-state index contributed by atoms with van der Waals surface area (Å²) in [5, 5.41) is 21.6. The van der Waals surface area contributed by atoms with Crippen molar-refractivity contribution >= 4 is 5.91 Å². The van der Waals surface area contributed by atoms with E-state index in [0.717, 1.165) is 5.56 Å². The molecule has 0 aliphatic carbocycles. The van der Waals surface area contributed by atoms with Crippen LogP contribution in [0.1, 0.15) is 35.7 Å². The van der Waals surface area contributed by atoms with Crippen molar-refractivity contribution < 1.29 is 15.0 Å². The molecule has 0 saturated carbocycles. The van der Waals surface area contributed by atoms with Crippen molar-refractivity contribution in [3.05, 3.63) is 29.3 Å². The molecule has 0 saturated heterocycles. The second-order valence-electron chi connectivity index (χ2n) is 4.13. The fourth-order valence-electron chi connectivity index (χ4n) is 1.48. The number of phenols is 1. The highest BCUT2D eigenvalue weighted by Gasteiger charge is 2.11. The summed E-state index contributed by atoms with van der Waals surface area (Å²) >= 11 is 0. The van der Waals surface area contributed by atoms with E-state index in [1.54, 1.807) is 12.1 Å². The van der Waals surface area contributed by atoms with Gasteiger partial charge < -0.3 is 15.5 Å². The zero-order chi connectivity index (χ0) is 12.8. The standard InChI is InChI=1S/C13H19NO3/c1-3-10(15)6-7-14-13(17)11-8-9(2)4-5-12(11)16/h4-5,8,10,15-16H,3,6-7H2,1-2H3,(H,14,17). The number of aryl methyl sites for hydroxylation is 1. The normalized spacial score (nSPS) is 12.2. The highest BCUT2D eigenvalue weighted by atomic mass is 16.3. The van der Waals surface area contributed by atoms with E-state index in [9.17, 15) is 15.0 Å². The third kappa shape index (κ3) is 4.07. The van der Waals surface area contributed by atoms with Crippen molar-refractivity contribution in [2.24, 2.45) is 0 Å². The number of amides is 1. The molecule has 1 unspecified atom stereocenters. The molecule has 1 atom stereocenters. The van der Waals surface area contributed by atoms with Crippen LogP contribution in [-0.2, 0) is 0 Å². The highest BCUT2D eigenvalue weighted by Crippen LogP contribution is 2.17. The number of aromatic hydroxyl groups is 1. The third-order valence-electron chi connectivity index (χ3n) is 2.63. The summed E-state index contributed by atoms with van der Waals surface area (Å²) in [6.07, 6.45) is 0.807. The number of nitrogens with one attached hydrogen (secondary N) is 1. The molecule has 4 nitrogen and oxygen atoms in total. The number of aliphatic hydroxyl groups excluding tert-OH is 1. The predicted molar refractivity (Wildman–Crippen MR) is 66.1 cm³/mol. The van der Waals surface area contributed by atoms with Gasteiger partial charge in [-0.1, -0.05) is 18.6 Å². The van der Waals surface area contributed by atoms with Gasteiger partial charge in [-0.3, -0.25) is 4.79 Å². The molecule has 3 N–H and O–H groups in total. The summed E-state index contributed by atoms with van der Waals surface area (Å²) in [5.74, 6) is -0.335. The summed E-state index contributed by atoms with van der Waals surface area (Å²) < 4.78 is 0. The summed E-state index contributed by atoms with van der Waals surface area (Å²) in [6, 6.07) is 4.89. The van der Waals surface area contributed by atoms with Crippen LogP contribution in [0.25, 0.3) is 0 Å². The maximum atomic E-state index is 11.7. The minimum absolute atomic E-state index is 0.0239. The number of rotatable bonds is 5. The average molecular weight is 237 g/mol. The van der Waals surface area contributed by atoms with Gasteiger partial charge in [0.05, 0.1) is 11.7 Å². The molecule has 94 valence electrons. The van der Waals surface area contributed by atoms with E-state index >= 15 is 0 Å². The Hall–Kier alpha value is -1.55. The van der Waals surface area contributed by atoms with Gasteiger partial charge in [-0.15, -0.1) is 0 Å². The van der Waals surface area contributed by atoms with Crippen LogP contribution in [0.5, 0.6) is 5.75 Å². The van der Waals surface area contributed by atoms with E-state index in [1.807, 2.05) is 13.8 Å². The quantitative estimate of drug-likeness (QED) is 0.728. The molecule has 1 amide bonds. The summed E-state index contributed by atoms with van der Waals surface area (Å²) in [7, 11) is 0. The maximum Gasteiger partial charge on any atom is 0.255 e. The van der Waals surface area contributed by atoms with Crippen LogP contribution in [0.4, 0.5) is 0 Å². The van der Waals surface area contributed by atoms with E-state index in [-0.39, 0.29) is 23.3 Å². The van der Waals surface area contributed by atoms with Crippen LogP contribution in [0.15, 0.2) is 18.2 Å². The topological polar surface area (TPSA) is 69.6 Å². The molecule has 0 heterocycles. The Kier molecular flexibility index (Phi) is 4.97. The van der Waals surface area contributed by atoms with Crippen LogP contribution in [0.3, 0.4) is 0 Å². The van der Waals surface area contributed by atoms with Crippen LogP contribution < -0.4 is 5.32 Å². The molecule has 0 aliphatic rings. The monoisotopic (exact) mass is 237 g/mol. The van der Waals surface area contributed by atoms with Crippen LogP contribution in [-0.4, -0.2) is 28.8 Å². The minimum Gasteiger partial charge on any atom is -0.507 e. The number of phenolic OH excluding ortho intramolecular Hbond substituents is 1. The zero-order valence-electron chi connectivity index (χ0n) is 10.2. The Labute approximate surface area is 101 Å². The SMILES string of the molecule is CCC(O)CCNC(=O)c1cc(C)ccc1O. The molecule has 0 radical (unpaired) electrons. The van der Waals surface area contributed by atoms with Crippen molar-refractivity contribution in [3.63, 3.8) is 0 Å². The van der Waals surface area contributed by atoms with Gasteiger partial charge in [0.25, 0.3) is 5.91 Å². The molecule has 0 bridgehead atoms. The van der Waals surface area contributed by atoms with Crippen molar-refractivity contribution in [2.75, 3.05) is 6.54 Å². The molecule has 17 heavy (non-hydrogen) atoms. The fourth-order valence-corrected chi connectivity index (χ4v) is 1.48. The van der Waals surface area contributed by atoms with Crippen LogP contribution in [0, 0.1) is 6.92 Å². The lowest BCUT2D eigenvalue weighted by atomic mass is 10.1. The first kappa shape index (κ1) is 13.5. The van der Waals surface area contributed by atoms with E-state index < -0.39 is 0 Å². The Morgan fingerprint density at radius 3 is 2.82 bits per heavy atom. The fraction of sp³-hybridized carbons (Fsp3) is 0.462. The van der Waals surface area contributed by atoms with Gasteiger partial charge in [0.1, 0.15) is 5.75 Å². The second kappa shape index (κ2) is 6.25. The smallest absolute Gasteiger partial charge is 0.255 e. The van der Waals surface area contributed by atoms with E-state index in [1.165, 1.54) is 6.07 Å². The highest BCUT2D eigenvalue weighted by molar-refractivity contribution is 5.96. The lowest BCUT2D eigenvalue weighted by Gasteiger charge is -2.10. The van der Waals surface area contributed by atoms with E-state index in [2.05, 4.69) is 5.32 Å². The van der Waals surface area contributed by atoms with Crippen molar-refractivity contribution in [1.82, 2.24) is 5.32 Å². The average Bonchev–Trinajstić information content (AvgIpc) is 2.31. The number of aliphatic hydroxyl groups is 1. The first-order chi connectivity index (χ1) is 8.04. The second-order valence-corrected chi connectivity index (χ2v) is 4.13. The number of carbonyl (C=O) groups excluding carboxylic acids is 1. The zero-order valence-corrected chi connectivity index (χ0v) is 10.2. The van der Waals surface area contributed by atoms with Crippen LogP contribution in [0.2, 0.25) is 0 Å². The number of carbonyl (C=O) groups is 1.